The monoisotopic (exact) mass is 229 g/mol. The third kappa shape index (κ3) is 3.11. The van der Waals surface area contributed by atoms with Crippen LogP contribution in [0.2, 0.25) is 0 Å². The molecule has 2 unspecified atom stereocenters. The van der Waals surface area contributed by atoms with E-state index in [-0.39, 0.29) is 6.10 Å². The molecule has 1 N–H and O–H groups in total. The third-order valence-corrected chi connectivity index (χ3v) is 4.91. The minimum Gasteiger partial charge on any atom is -0.393 e. The Hall–Kier alpha value is 0.270. The molecular weight excluding hydrogens is 206 g/mol. The van der Waals surface area contributed by atoms with Crippen LogP contribution in [0, 0.1) is 5.92 Å². The maximum atomic E-state index is 9.82. The molecule has 1 saturated carbocycles. The average molecular weight is 229 g/mol. The molecule has 0 amide bonds. The van der Waals surface area contributed by atoms with Crippen molar-refractivity contribution < 1.29 is 5.11 Å². The number of hydrogen-bond donors (Lipinski definition) is 1. The maximum absolute atomic E-state index is 9.82. The molecule has 1 heterocycles. The Morgan fingerprint density at radius 2 is 2.20 bits per heavy atom. The smallest absolute Gasteiger partial charge is 0.0580 e. The standard InChI is InChI=1S/C12H23NOS/c1-12(2)9-13(6-7-15-12)8-10-4-3-5-11(10)14/h10-11,14H,3-9H2,1-2H3. The molecule has 0 aromatic rings. The highest BCUT2D eigenvalue weighted by Gasteiger charge is 2.31. The summed E-state index contributed by atoms with van der Waals surface area (Å²) in [6.07, 6.45) is 3.45. The van der Waals surface area contributed by atoms with E-state index < -0.39 is 0 Å². The zero-order valence-electron chi connectivity index (χ0n) is 9.91. The molecule has 2 atom stereocenters. The molecule has 2 fully saturated rings. The lowest BCUT2D eigenvalue weighted by atomic mass is 10.0. The summed E-state index contributed by atoms with van der Waals surface area (Å²) in [5, 5.41) is 9.82. The Labute approximate surface area is 97.4 Å². The molecule has 0 bridgehead atoms. The predicted octanol–water partition coefficient (Wildman–Crippen LogP) is 1.97. The van der Waals surface area contributed by atoms with Crippen molar-refractivity contribution in [2.45, 2.75) is 44.0 Å². The molecule has 15 heavy (non-hydrogen) atoms. The molecule has 0 aromatic carbocycles. The predicted molar refractivity (Wildman–Crippen MR) is 66.3 cm³/mol. The topological polar surface area (TPSA) is 23.5 Å². The molecule has 88 valence electrons. The second-order valence-corrected chi connectivity index (χ2v) is 7.40. The van der Waals surface area contributed by atoms with E-state index in [2.05, 4.69) is 30.5 Å². The quantitative estimate of drug-likeness (QED) is 0.783. The van der Waals surface area contributed by atoms with Crippen molar-refractivity contribution in [3.8, 4) is 0 Å². The van der Waals surface area contributed by atoms with Gasteiger partial charge in [-0.25, -0.2) is 0 Å². The zero-order chi connectivity index (χ0) is 10.9. The number of rotatable bonds is 2. The number of aliphatic hydroxyl groups excluding tert-OH is 1. The van der Waals surface area contributed by atoms with E-state index in [0.717, 1.165) is 13.0 Å². The average Bonchev–Trinajstić information content (AvgIpc) is 2.50. The van der Waals surface area contributed by atoms with Crippen LogP contribution in [0.5, 0.6) is 0 Å². The highest BCUT2D eigenvalue weighted by molar-refractivity contribution is 8.00. The lowest BCUT2D eigenvalue weighted by Gasteiger charge is -2.39. The minimum atomic E-state index is -0.0253. The first kappa shape index (κ1) is 11.7. The Morgan fingerprint density at radius 1 is 1.40 bits per heavy atom. The van der Waals surface area contributed by atoms with Gasteiger partial charge in [-0.15, -0.1) is 0 Å². The molecule has 0 spiro atoms. The molecule has 1 saturated heterocycles. The molecule has 2 rings (SSSR count). The SMILES string of the molecule is CC1(C)CN(CC2CCCC2O)CCS1. The zero-order valence-corrected chi connectivity index (χ0v) is 10.7. The normalized spacial score (nSPS) is 37.0. The molecule has 1 aliphatic heterocycles. The molecule has 2 nitrogen and oxygen atoms in total. The van der Waals surface area contributed by atoms with Crippen LogP contribution in [0.15, 0.2) is 0 Å². The molecule has 3 heteroatoms. The second-order valence-electron chi connectivity index (χ2n) is 5.60. The molecule has 1 aliphatic carbocycles. The number of aliphatic hydroxyl groups is 1. The van der Waals surface area contributed by atoms with Gasteiger partial charge in [-0.2, -0.15) is 11.8 Å². The summed E-state index contributed by atoms with van der Waals surface area (Å²) in [4.78, 5) is 2.55. The Balaban J connectivity index is 1.83. The van der Waals surface area contributed by atoms with Gasteiger partial charge in [-0.05, 0) is 32.6 Å². The molecule has 2 aliphatic rings. The first-order valence-corrected chi connectivity index (χ1v) is 7.10. The second kappa shape index (κ2) is 4.64. The van der Waals surface area contributed by atoms with E-state index in [1.807, 2.05) is 0 Å². The van der Waals surface area contributed by atoms with Gasteiger partial charge in [0.05, 0.1) is 6.10 Å². The van der Waals surface area contributed by atoms with Crippen molar-refractivity contribution in [3.63, 3.8) is 0 Å². The number of thioether (sulfide) groups is 1. The van der Waals surface area contributed by atoms with Crippen molar-refractivity contribution in [2.75, 3.05) is 25.4 Å². The van der Waals surface area contributed by atoms with Crippen LogP contribution in [0.3, 0.4) is 0 Å². The van der Waals surface area contributed by atoms with Crippen molar-refractivity contribution in [2.24, 2.45) is 5.92 Å². The van der Waals surface area contributed by atoms with Crippen molar-refractivity contribution in [1.82, 2.24) is 4.90 Å². The van der Waals surface area contributed by atoms with Crippen molar-refractivity contribution >= 4 is 11.8 Å². The fraction of sp³-hybridized carbons (Fsp3) is 1.00. The Morgan fingerprint density at radius 3 is 2.80 bits per heavy atom. The van der Waals surface area contributed by atoms with E-state index in [0.29, 0.717) is 10.7 Å². The maximum Gasteiger partial charge on any atom is 0.0580 e. The summed E-state index contributed by atoms with van der Waals surface area (Å²) in [5.74, 6) is 1.79. The first-order chi connectivity index (χ1) is 7.07. The fourth-order valence-corrected chi connectivity index (χ4v) is 4.01. The van der Waals surface area contributed by atoms with Crippen LogP contribution < -0.4 is 0 Å². The minimum absolute atomic E-state index is 0.0253. The number of hydrogen-bond acceptors (Lipinski definition) is 3. The highest BCUT2D eigenvalue weighted by Crippen LogP contribution is 2.32. The summed E-state index contributed by atoms with van der Waals surface area (Å²) in [6, 6.07) is 0. The summed E-state index contributed by atoms with van der Waals surface area (Å²) in [5.41, 5.74) is 0. The molecule has 0 aromatic heterocycles. The summed E-state index contributed by atoms with van der Waals surface area (Å²) in [7, 11) is 0. The van der Waals surface area contributed by atoms with Gasteiger partial charge in [0.2, 0.25) is 0 Å². The van der Waals surface area contributed by atoms with E-state index in [1.165, 1.54) is 31.7 Å². The Bertz CT molecular complexity index is 220. The molecular formula is C12H23NOS. The van der Waals surface area contributed by atoms with E-state index >= 15 is 0 Å². The van der Waals surface area contributed by atoms with Crippen LogP contribution in [0.1, 0.15) is 33.1 Å². The van der Waals surface area contributed by atoms with Crippen molar-refractivity contribution in [3.05, 3.63) is 0 Å². The van der Waals surface area contributed by atoms with E-state index in [1.54, 1.807) is 0 Å². The lowest BCUT2D eigenvalue weighted by molar-refractivity contribution is 0.100. The van der Waals surface area contributed by atoms with Crippen LogP contribution in [0.4, 0.5) is 0 Å². The van der Waals surface area contributed by atoms with Gasteiger partial charge in [0, 0.05) is 30.1 Å². The van der Waals surface area contributed by atoms with Gasteiger partial charge in [-0.1, -0.05) is 6.42 Å². The van der Waals surface area contributed by atoms with Gasteiger partial charge in [0.25, 0.3) is 0 Å². The summed E-state index contributed by atoms with van der Waals surface area (Å²) < 4.78 is 0.405. The van der Waals surface area contributed by atoms with Crippen LogP contribution in [-0.4, -0.2) is 46.2 Å². The lowest BCUT2D eigenvalue weighted by Crippen LogP contribution is -2.45. The third-order valence-electron chi connectivity index (χ3n) is 3.62. The Kier molecular flexibility index (Phi) is 3.63. The van der Waals surface area contributed by atoms with Gasteiger partial charge < -0.3 is 10.0 Å². The van der Waals surface area contributed by atoms with Crippen LogP contribution in [-0.2, 0) is 0 Å². The number of nitrogens with zero attached hydrogens (tertiary/aromatic N) is 1. The fourth-order valence-electron chi connectivity index (χ4n) is 2.83. The largest absolute Gasteiger partial charge is 0.393 e. The molecule has 0 radical (unpaired) electrons. The first-order valence-electron chi connectivity index (χ1n) is 6.11. The summed E-state index contributed by atoms with van der Waals surface area (Å²) in [6.45, 7) is 8.16. The van der Waals surface area contributed by atoms with Gasteiger partial charge >= 0.3 is 0 Å². The van der Waals surface area contributed by atoms with Gasteiger partial charge in [0.1, 0.15) is 0 Å². The van der Waals surface area contributed by atoms with Crippen LogP contribution >= 0.6 is 11.8 Å². The van der Waals surface area contributed by atoms with Crippen molar-refractivity contribution in [1.29, 1.82) is 0 Å². The van der Waals surface area contributed by atoms with E-state index in [4.69, 9.17) is 0 Å². The van der Waals surface area contributed by atoms with E-state index in [9.17, 15) is 5.11 Å². The van der Waals surface area contributed by atoms with Gasteiger partial charge in [-0.3, -0.25) is 0 Å². The highest BCUT2D eigenvalue weighted by atomic mass is 32.2. The van der Waals surface area contributed by atoms with Gasteiger partial charge in [0.15, 0.2) is 0 Å². The van der Waals surface area contributed by atoms with Crippen LogP contribution in [0.25, 0.3) is 0 Å². The summed E-state index contributed by atoms with van der Waals surface area (Å²) >= 11 is 2.08.